The topological polar surface area (TPSA) is 77.1 Å². The first-order valence-electron chi connectivity index (χ1n) is 11.2. The number of amides is 2. The van der Waals surface area contributed by atoms with Crippen molar-refractivity contribution < 1.29 is 28.2 Å². The molecule has 35 heavy (non-hydrogen) atoms. The average molecular weight is 479 g/mol. The Labute approximate surface area is 203 Å². The second-order valence-electron chi connectivity index (χ2n) is 8.14. The van der Waals surface area contributed by atoms with Crippen LogP contribution in [0.25, 0.3) is 0 Å². The number of nitrogens with one attached hydrogen (secondary N) is 1. The summed E-state index contributed by atoms with van der Waals surface area (Å²) in [4.78, 5) is 28.3. The average Bonchev–Trinajstić information content (AvgIpc) is 2.89. The molecule has 0 bridgehead atoms. The van der Waals surface area contributed by atoms with Crippen molar-refractivity contribution in [1.29, 1.82) is 0 Å². The van der Waals surface area contributed by atoms with E-state index in [-0.39, 0.29) is 23.9 Å². The van der Waals surface area contributed by atoms with Crippen LogP contribution in [-0.4, -0.2) is 33.1 Å². The molecule has 2 atom stereocenters. The second-order valence-corrected chi connectivity index (χ2v) is 8.14. The molecule has 1 aliphatic rings. The lowest BCUT2D eigenvalue weighted by Gasteiger charge is -2.41. The molecule has 4 rings (SSSR count). The quantitative estimate of drug-likeness (QED) is 0.519. The van der Waals surface area contributed by atoms with Gasteiger partial charge in [-0.15, -0.1) is 0 Å². The predicted octanol–water partition coefficient (Wildman–Crippen LogP) is 4.97. The number of carbonyl (C=O) groups excluding carboxylic acids is 2. The van der Waals surface area contributed by atoms with Gasteiger partial charge in [-0.2, -0.15) is 0 Å². The summed E-state index contributed by atoms with van der Waals surface area (Å²) >= 11 is 0. The van der Waals surface area contributed by atoms with Crippen molar-refractivity contribution >= 4 is 23.2 Å². The maximum atomic E-state index is 14.3. The molecule has 0 unspecified atom stereocenters. The van der Waals surface area contributed by atoms with Gasteiger partial charge in [0.25, 0.3) is 0 Å². The summed E-state index contributed by atoms with van der Waals surface area (Å²) in [6, 6.07) is 17.7. The number of halogens is 1. The van der Waals surface area contributed by atoms with Crippen LogP contribution in [0.5, 0.6) is 17.2 Å². The summed E-state index contributed by atoms with van der Waals surface area (Å²) in [5.74, 6) is -0.0110. The van der Waals surface area contributed by atoms with Gasteiger partial charge in [0.15, 0.2) is 11.5 Å². The van der Waals surface area contributed by atoms with Gasteiger partial charge in [0, 0.05) is 12.1 Å². The number of carbonyl (C=O) groups is 2. The molecule has 8 heteroatoms. The number of para-hydroxylation sites is 1. The number of methoxy groups -OCH3 is 3. The standard InChI is InChI=1S/C27H27FN2O5/c1-33-19-11-9-18(10-12-19)30-25(31)15-13-20(27(32)29-22-7-5-4-6-21(22)28)26(30)17-8-14-23(34-2)24(16-17)35-3/h4-12,14,16,20,26H,13,15H2,1-3H3,(H,29,32)/t20-,26-/m0/s1. The second kappa shape index (κ2) is 10.5. The fourth-order valence-corrected chi connectivity index (χ4v) is 4.42. The largest absolute Gasteiger partial charge is 0.497 e. The lowest BCUT2D eigenvalue weighted by molar-refractivity contribution is -0.126. The third kappa shape index (κ3) is 4.91. The van der Waals surface area contributed by atoms with Gasteiger partial charge in [-0.25, -0.2) is 4.39 Å². The Morgan fingerprint density at radius 1 is 0.943 bits per heavy atom. The van der Waals surface area contributed by atoms with Crippen LogP contribution in [0.4, 0.5) is 15.8 Å². The number of hydrogen-bond acceptors (Lipinski definition) is 5. The van der Waals surface area contributed by atoms with Crippen molar-refractivity contribution in [3.63, 3.8) is 0 Å². The number of anilines is 2. The van der Waals surface area contributed by atoms with Crippen molar-refractivity contribution in [3.8, 4) is 17.2 Å². The molecule has 0 saturated carbocycles. The molecular formula is C27H27FN2O5. The first-order valence-corrected chi connectivity index (χ1v) is 11.2. The van der Waals surface area contributed by atoms with Crippen LogP contribution in [0.3, 0.4) is 0 Å². The minimum absolute atomic E-state index is 0.0939. The molecule has 2 amide bonds. The minimum atomic E-state index is -0.656. The van der Waals surface area contributed by atoms with E-state index in [1.165, 1.54) is 26.4 Å². The Hall–Kier alpha value is -4.07. The van der Waals surface area contributed by atoms with Crippen molar-refractivity contribution in [2.24, 2.45) is 5.92 Å². The Morgan fingerprint density at radius 3 is 2.31 bits per heavy atom. The molecule has 0 radical (unpaired) electrons. The molecule has 1 fully saturated rings. The fourth-order valence-electron chi connectivity index (χ4n) is 4.42. The van der Waals surface area contributed by atoms with Crippen molar-refractivity contribution in [1.82, 2.24) is 0 Å². The van der Waals surface area contributed by atoms with Crippen LogP contribution in [0.15, 0.2) is 66.7 Å². The van der Waals surface area contributed by atoms with Crippen LogP contribution in [-0.2, 0) is 9.59 Å². The van der Waals surface area contributed by atoms with E-state index in [0.717, 1.165) is 0 Å². The molecular weight excluding hydrogens is 451 g/mol. The summed E-state index contributed by atoms with van der Waals surface area (Å²) in [6.07, 6.45) is 0.482. The van der Waals surface area contributed by atoms with E-state index in [2.05, 4.69) is 5.32 Å². The summed E-state index contributed by atoms with van der Waals surface area (Å²) in [5, 5.41) is 2.71. The van der Waals surface area contributed by atoms with Crippen LogP contribution in [0.2, 0.25) is 0 Å². The Bertz CT molecular complexity index is 1210. The van der Waals surface area contributed by atoms with Crippen molar-refractivity contribution in [3.05, 3.63) is 78.1 Å². The van der Waals surface area contributed by atoms with Crippen LogP contribution in [0, 0.1) is 11.7 Å². The number of ether oxygens (including phenoxy) is 3. The zero-order valence-electron chi connectivity index (χ0n) is 19.8. The zero-order chi connectivity index (χ0) is 24.9. The smallest absolute Gasteiger partial charge is 0.230 e. The highest BCUT2D eigenvalue weighted by Crippen LogP contribution is 2.43. The first kappa shape index (κ1) is 24.1. The highest BCUT2D eigenvalue weighted by atomic mass is 19.1. The number of nitrogens with zero attached hydrogens (tertiary/aromatic N) is 1. The molecule has 3 aromatic rings. The SMILES string of the molecule is COc1ccc(N2C(=O)CC[C@H](C(=O)Nc3ccccc3F)[C@@H]2c2ccc(OC)c(OC)c2)cc1. The van der Waals surface area contributed by atoms with Crippen LogP contribution < -0.4 is 24.4 Å². The maximum absolute atomic E-state index is 14.3. The Balaban J connectivity index is 1.79. The van der Waals surface area contributed by atoms with E-state index in [1.54, 1.807) is 60.5 Å². The van der Waals surface area contributed by atoms with Gasteiger partial charge in [0.2, 0.25) is 11.8 Å². The summed E-state index contributed by atoms with van der Waals surface area (Å²) in [7, 11) is 4.63. The lowest BCUT2D eigenvalue weighted by Crippen LogP contribution is -2.47. The Kier molecular flexibility index (Phi) is 7.19. The molecule has 3 aromatic carbocycles. The van der Waals surface area contributed by atoms with E-state index in [4.69, 9.17) is 14.2 Å². The van der Waals surface area contributed by atoms with E-state index >= 15 is 0 Å². The van der Waals surface area contributed by atoms with Gasteiger partial charge < -0.3 is 24.4 Å². The fraction of sp³-hybridized carbons (Fsp3) is 0.259. The zero-order valence-corrected chi connectivity index (χ0v) is 19.8. The van der Waals surface area contributed by atoms with Gasteiger partial charge >= 0.3 is 0 Å². The third-order valence-electron chi connectivity index (χ3n) is 6.17. The predicted molar refractivity (Wildman–Crippen MR) is 131 cm³/mol. The maximum Gasteiger partial charge on any atom is 0.230 e. The summed E-state index contributed by atoms with van der Waals surface area (Å²) in [5.41, 5.74) is 1.41. The molecule has 1 aliphatic heterocycles. The minimum Gasteiger partial charge on any atom is -0.497 e. The van der Waals surface area contributed by atoms with Gasteiger partial charge in [-0.3, -0.25) is 9.59 Å². The number of piperidine rings is 1. The molecule has 1 heterocycles. The summed E-state index contributed by atoms with van der Waals surface area (Å²) < 4.78 is 30.4. The van der Waals surface area contributed by atoms with E-state index < -0.39 is 17.8 Å². The molecule has 0 aliphatic carbocycles. The third-order valence-corrected chi connectivity index (χ3v) is 6.17. The molecule has 0 aromatic heterocycles. The summed E-state index contributed by atoms with van der Waals surface area (Å²) in [6.45, 7) is 0. The van der Waals surface area contributed by atoms with Crippen LogP contribution >= 0.6 is 0 Å². The number of benzene rings is 3. The first-order chi connectivity index (χ1) is 17.0. The Morgan fingerprint density at radius 2 is 1.66 bits per heavy atom. The highest BCUT2D eigenvalue weighted by Gasteiger charge is 2.42. The van der Waals surface area contributed by atoms with Gasteiger partial charge in [-0.05, 0) is 60.5 Å². The van der Waals surface area contributed by atoms with Crippen molar-refractivity contribution in [2.45, 2.75) is 18.9 Å². The van der Waals surface area contributed by atoms with Gasteiger partial charge in [-0.1, -0.05) is 18.2 Å². The van der Waals surface area contributed by atoms with E-state index in [0.29, 0.717) is 34.9 Å². The van der Waals surface area contributed by atoms with Crippen molar-refractivity contribution in [2.75, 3.05) is 31.5 Å². The highest BCUT2D eigenvalue weighted by molar-refractivity contribution is 6.00. The van der Waals surface area contributed by atoms with Gasteiger partial charge in [0.05, 0.1) is 39.0 Å². The monoisotopic (exact) mass is 478 g/mol. The van der Waals surface area contributed by atoms with Gasteiger partial charge in [0.1, 0.15) is 11.6 Å². The van der Waals surface area contributed by atoms with E-state index in [9.17, 15) is 14.0 Å². The molecule has 1 N–H and O–H groups in total. The molecule has 0 spiro atoms. The van der Waals surface area contributed by atoms with E-state index in [1.807, 2.05) is 6.07 Å². The molecule has 1 saturated heterocycles. The lowest BCUT2D eigenvalue weighted by atomic mass is 9.83. The normalized spacial score (nSPS) is 17.6. The molecule has 7 nitrogen and oxygen atoms in total. The van der Waals surface area contributed by atoms with Crippen LogP contribution in [0.1, 0.15) is 24.4 Å². The number of hydrogen-bond donors (Lipinski definition) is 1. The number of rotatable bonds is 7. The molecule has 182 valence electrons.